The lowest BCUT2D eigenvalue weighted by molar-refractivity contribution is 0.421. The fourth-order valence-electron chi connectivity index (χ4n) is 2.79. The van der Waals surface area contributed by atoms with E-state index in [2.05, 4.69) is 4.72 Å². The molecule has 3 atom stereocenters. The number of nitrogens with zero attached hydrogens (tertiary/aromatic N) is 1. The first-order chi connectivity index (χ1) is 7.54. The third-order valence-corrected chi connectivity index (χ3v) is 5.30. The zero-order valence-corrected chi connectivity index (χ0v) is 10.5. The van der Waals surface area contributed by atoms with Gasteiger partial charge in [0.15, 0.2) is 0 Å². The predicted molar refractivity (Wildman–Crippen MR) is 63.0 cm³/mol. The summed E-state index contributed by atoms with van der Waals surface area (Å²) in [5, 5.41) is 0. The first-order valence-corrected chi connectivity index (χ1v) is 7.49. The predicted octanol–water partition coefficient (Wildman–Crippen LogP) is -0.100. The van der Waals surface area contributed by atoms with E-state index in [0.29, 0.717) is 31.5 Å². The molecule has 0 radical (unpaired) electrons. The number of hydrogen-bond donors (Lipinski definition) is 2. The van der Waals surface area contributed by atoms with Gasteiger partial charge in [-0.25, -0.2) is 4.72 Å². The van der Waals surface area contributed by atoms with E-state index in [1.54, 1.807) is 4.31 Å². The highest BCUT2D eigenvalue weighted by Crippen LogP contribution is 2.37. The van der Waals surface area contributed by atoms with Gasteiger partial charge in [0.1, 0.15) is 0 Å². The normalized spacial score (nSPS) is 35.5. The van der Waals surface area contributed by atoms with Crippen LogP contribution in [0, 0.1) is 11.8 Å². The molecule has 2 rings (SSSR count). The quantitative estimate of drug-likeness (QED) is 0.728. The van der Waals surface area contributed by atoms with Gasteiger partial charge in [-0.2, -0.15) is 12.7 Å². The van der Waals surface area contributed by atoms with Crippen molar-refractivity contribution in [2.75, 3.05) is 19.6 Å². The molecule has 2 fully saturated rings. The zero-order valence-electron chi connectivity index (χ0n) is 9.72. The fourth-order valence-corrected chi connectivity index (χ4v) is 4.19. The number of nitrogens with one attached hydrogen (secondary N) is 1. The van der Waals surface area contributed by atoms with E-state index >= 15 is 0 Å². The molecule has 0 aromatic rings. The summed E-state index contributed by atoms with van der Waals surface area (Å²) in [4.78, 5) is 0. The standard InChI is InChI=1S/C10H21N3O2S/c1-2-5-12-16(14,15)13-6-8-3-4-10(11)9(8)7-13/h8-10,12H,2-7,11H2,1H3. The van der Waals surface area contributed by atoms with E-state index in [4.69, 9.17) is 5.73 Å². The molecule has 0 aromatic heterocycles. The van der Waals surface area contributed by atoms with E-state index < -0.39 is 10.2 Å². The molecule has 1 saturated heterocycles. The Morgan fingerprint density at radius 1 is 1.38 bits per heavy atom. The summed E-state index contributed by atoms with van der Waals surface area (Å²) in [6, 6.07) is 0.191. The average Bonchev–Trinajstić information content (AvgIpc) is 2.79. The highest BCUT2D eigenvalue weighted by molar-refractivity contribution is 7.87. The van der Waals surface area contributed by atoms with Crippen LogP contribution in [0.5, 0.6) is 0 Å². The van der Waals surface area contributed by atoms with Crippen molar-refractivity contribution in [3.05, 3.63) is 0 Å². The maximum absolute atomic E-state index is 11.9. The van der Waals surface area contributed by atoms with Gasteiger partial charge in [0.2, 0.25) is 0 Å². The third-order valence-electron chi connectivity index (χ3n) is 3.75. The van der Waals surface area contributed by atoms with Crippen LogP contribution in [-0.4, -0.2) is 38.4 Å². The van der Waals surface area contributed by atoms with Gasteiger partial charge in [0.05, 0.1) is 0 Å². The summed E-state index contributed by atoms with van der Waals surface area (Å²) >= 11 is 0. The van der Waals surface area contributed by atoms with Crippen LogP contribution in [0.15, 0.2) is 0 Å². The Labute approximate surface area is 97.6 Å². The molecule has 1 aliphatic heterocycles. The Morgan fingerprint density at radius 3 is 2.75 bits per heavy atom. The van der Waals surface area contributed by atoms with Gasteiger partial charge in [0, 0.05) is 25.7 Å². The van der Waals surface area contributed by atoms with Gasteiger partial charge in [-0.1, -0.05) is 6.92 Å². The molecule has 1 saturated carbocycles. The minimum atomic E-state index is -3.26. The van der Waals surface area contributed by atoms with Crippen molar-refractivity contribution >= 4 is 10.2 Å². The molecule has 0 spiro atoms. The Morgan fingerprint density at radius 2 is 2.12 bits per heavy atom. The molecule has 0 bridgehead atoms. The Hall–Kier alpha value is -0.170. The molecule has 5 nitrogen and oxygen atoms in total. The van der Waals surface area contributed by atoms with E-state index in [1.165, 1.54) is 0 Å². The first-order valence-electron chi connectivity index (χ1n) is 6.05. The van der Waals surface area contributed by atoms with E-state index in [9.17, 15) is 8.42 Å². The molecule has 1 aliphatic carbocycles. The number of nitrogens with two attached hydrogens (primary N) is 1. The second-order valence-corrected chi connectivity index (χ2v) is 6.64. The molecule has 3 N–H and O–H groups in total. The molecular formula is C10H21N3O2S. The van der Waals surface area contributed by atoms with Crippen LogP contribution in [-0.2, 0) is 10.2 Å². The van der Waals surface area contributed by atoms with Crippen LogP contribution >= 0.6 is 0 Å². The highest BCUT2D eigenvalue weighted by atomic mass is 32.2. The lowest BCUT2D eigenvalue weighted by Gasteiger charge is -2.18. The average molecular weight is 247 g/mol. The zero-order chi connectivity index (χ0) is 11.8. The number of fused-ring (bicyclic) bond motifs is 1. The van der Waals surface area contributed by atoms with Crippen molar-refractivity contribution in [1.82, 2.24) is 9.03 Å². The van der Waals surface area contributed by atoms with Crippen LogP contribution in [0.3, 0.4) is 0 Å². The summed E-state index contributed by atoms with van der Waals surface area (Å²) in [6.07, 6.45) is 2.94. The topological polar surface area (TPSA) is 75.4 Å². The van der Waals surface area contributed by atoms with Crippen molar-refractivity contribution in [3.8, 4) is 0 Å². The van der Waals surface area contributed by atoms with Crippen LogP contribution < -0.4 is 10.5 Å². The maximum atomic E-state index is 11.9. The van der Waals surface area contributed by atoms with E-state index in [0.717, 1.165) is 19.3 Å². The molecule has 16 heavy (non-hydrogen) atoms. The van der Waals surface area contributed by atoms with Gasteiger partial charge >= 0.3 is 0 Å². The van der Waals surface area contributed by atoms with E-state index in [-0.39, 0.29) is 6.04 Å². The molecule has 2 aliphatic rings. The van der Waals surface area contributed by atoms with Crippen LogP contribution in [0.25, 0.3) is 0 Å². The molecule has 3 unspecified atom stereocenters. The second-order valence-electron chi connectivity index (χ2n) is 4.88. The van der Waals surface area contributed by atoms with Gasteiger partial charge in [-0.05, 0) is 31.1 Å². The Bertz CT molecular complexity index is 344. The molecule has 0 aromatic carbocycles. The van der Waals surface area contributed by atoms with Crippen LogP contribution in [0.2, 0.25) is 0 Å². The molecule has 6 heteroatoms. The smallest absolute Gasteiger partial charge is 0.279 e. The number of rotatable bonds is 4. The Kier molecular flexibility index (Phi) is 3.53. The van der Waals surface area contributed by atoms with Gasteiger partial charge in [-0.3, -0.25) is 0 Å². The summed E-state index contributed by atoms with van der Waals surface area (Å²) in [5.41, 5.74) is 5.98. The van der Waals surface area contributed by atoms with Crippen molar-refractivity contribution in [3.63, 3.8) is 0 Å². The summed E-state index contributed by atoms with van der Waals surface area (Å²) in [7, 11) is -3.26. The summed E-state index contributed by atoms with van der Waals surface area (Å²) in [5.74, 6) is 0.853. The Balaban J connectivity index is 1.98. The van der Waals surface area contributed by atoms with Gasteiger partial charge < -0.3 is 5.73 Å². The second kappa shape index (κ2) is 4.60. The largest absolute Gasteiger partial charge is 0.327 e. The summed E-state index contributed by atoms with van der Waals surface area (Å²) < 4.78 is 28.0. The lowest BCUT2D eigenvalue weighted by atomic mass is 9.98. The van der Waals surface area contributed by atoms with Crippen LogP contribution in [0.1, 0.15) is 26.2 Å². The third kappa shape index (κ3) is 2.25. The SMILES string of the molecule is CCCNS(=O)(=O)N1CC2CCC(N)C2C1. The van der Waals surface area contributed by atoms with Gasteiger partial charge in [-0.15, -0.1) is 0 Å². The summed E-state index contributed by atoms with van der Waals surface area (Å²) in [6.45, 7) is 3.72. The van der Waals surface area contributed by atoms with Crippen LogP contribution in [0.4, 0.5) is 0 Å². The van der Waals surface area contributed by atoms with Crippen molar-refractivity contribution < 1.29 is 8.42 Å². The van der Waals surface area contributed by atoms with Gasteiger partial charge in [0.25, 0.3) is 10.2 Å². The van der Waals surface area contributed by atoms with Crippen molar-refractivity contribution in [2.24, 2.45) is 17.6 Å². The fraction of sp³-hybridized carbons (Fsp3) is 1.00. The number of hydrogen-bond acceptors (Lipinski definition) is 3. The maximum Gasteiger partial charge on any atom is 0.279 e. The van der Waals surface area contributed by atoms with E-state index in [1.807, 2.05) is 6.92 Å². The minimum Gasteiger partial charge on any atom is -0.327 e. The molecule has 1 heterocycles. The monoisotopic (exact) mass is 247 g/mol. The van der Waals surface area contributed by atoms with Crippen molar-refractivity contribution in [1.29, 1.82) is 0 Å². The molecule has 0 amide bonds. The van der Waals surface area contributed by atoms with Crippen molar-refractivity contribution in [2.45, 2.75) is 32.2 Å². The molecule has 94 valence electrons. The molecular weight excluding hydrogens is 226 g/mol. The lowest BCUT2D eigenvalue weighted by Crippen LogP contribution is -2.41. The highest BCUT2D eigenvalue weighted by Gasteiger charge is 2.44. The minimum absolute atomic E-state index is 0.191. The first kappa shape index (κ1) is 12.3.